The Kier molecular flexibility index (Phi) is 6.30. The maximum absolute atomic E-state index is 14.1. The number of hydrogen-bond donors (Lipinski definition) is 2. The molecule has 2 fully saturated rings. The molecule has 2 amide bonds. The molecule has 5 rings (SSSR count). The van der Waals surface area contributed by atoms with Crippen molar-refractivity contribution in [1.82, 2.24) is 10.2 Å². The molecule has 5 nitrogen and oxygen atoms in total. The standard InChI is InChI=1S/C29H39N3O2/c1-29(2,3)28(34)31-24-16-10-8-14-21(24)27(33)32-18-17-22-25(19-11-5-4-6-12-19)30-23-15-9-7-13-20(23)26(22)32/h4-7,9,11,13,15,19,21-22,24-26,30H,8,10,12,14,16-18H2,1-3H3,(H,31,34)/t19?,21-,22+,24+,25-,26-/m0/s1. The predicted octanol–water partition coefficient (Wildman–Crippen LogP) is 5.22. The topological polar surface area (TPSA) is 61.4 Å². The minimum Gasteiger partial charge on any atom is -0.381 e. The summed E-state index contributed by atoms with van der Waals surface area (Å²) in [6.07, 6.45) is 14.8. The van der Waals surface area contributed by atoms with Crippen molar-refractivity contribution in [1.29, 1.82) is 0 Å². The van der Waals surface area contributed by atoms with Gasteiger partial charge in [-0.25, -0.2) is 0 Å². The van der Waals surface area contributed by atoms with Crippen molar-refractivity contribution in [3.05, 3.63) is 54.1 Å². The Morgan fingerprint density at radius 1 is 1.06 bits per heavy atom. The van der Waals surface area contributed by atoms with Crippen LogP contribution in [0.1, 0.15) is 70.9 Å². The predicted molar refractivity (Wildman–Crippen MR) is 136 cm³/mol. The van der Waals surface area contributed by atoms with Crippen LogP contribution in [0.15, 0.2) is 48.6 Å². The minimum atomic E-state index is -0.451. The first-order valence-electron chi connectivity index (χ1n) is 13.1. The van der Waals surface area contributed by atoms with Crippen molar-refractivity contribution in [2.24, 2.45) is 23.2 Å². The molecule has 2 aliphatic carbocycles. The van der Waals surface area contributed by atoms with Crippen molar-refractivity contribution in [2.75, 3.05) is 11.9 Å². The van der Waals surface area contributed by atoms with Crippen molar-refractivity contribution in [3.63, 3.8) is 0 Å². The number of rotatable bonds is 3. The van der Waals surface area contributed by atoms with Crippen LogP contribution in [0.5, 0.6) is 0 Å². The Hall–Kier alpha value is -2.56. The molecule has 1 aromatic carbocycles. The second-order valence-corrected chi connectivity index (χ2v) is 11.6. The highest BCUT2D eigenvalue weighted by molar-refractivity contribution is 5.85. The largest absolute Gasteiger partial charge is 0.381 e. The number of fused-ring (bicyclic) bond motifs is 3. The van der Waals surface area contributed by atoms with Crippen molar-refractivity contribution in [3.8, 4) is 0 Å². The van der Waals surface area contributed by atoms with Crippen LogP contribution in [-0.4, -0.2) is 35.3 Å². The smallest absolute Gasteiger partial charge is 0.228 e. The molecule has 2 N–H and O–H groups in total. The molecule has 2 heterocycles. The molecule has 0 spiro atoms. The number of likely N-dealkylation sites (tertiary alicyclic amines) is 1. The van der Waals surface area contributed by atoms with Crippen molar-refractivity contribution in [2.45, 2.75) is 77.4 Å². The van der Waals surface area contributed by atoms with Crippen LogP contribution in [-0.2, 0) is 9.59 Å². The number of benzene rings is 1. The van der Waals surface area contributed by atoms with E-state index in [0.717, 1.165) is 50.8 Å². The number of allylic oxidation sites excluding steroid dienone is 3. The lowest BCUT2D eigenvalue weighted by Gasteiger charge is -2.44. The molecule has 1 aromatic rings. The summed E-state index contributed by atoms with van der Waals surface area (Å²) in [6, 6.07) is 8.89. The van der Waals surface area contributed by atoms with E-state index in [1.807, 2.05) is 20.8 Å². The third-order valence-corrected chi connectivity index (χ3v) is 8.35. The second kappa shape index (κ2) is 9.24. The van der Waals surface area contributed by atoms with E-state index in [9.17, 15) is 9.59 Å². The van der Waals surface area contributed by atoms with Crippen LogP contribution in [0, 0.1) is 23.2 Å². The highest BCUT2D eigenvalue weighted by Crippen LogP contribution is 2.49. The van der Waals surface area contributed by atoms with Gasteiger partial charge in [0.15, 0.2) is 0 Å². The highest BCUT2D eigenvalue weighted by Gasteiger charge is 2.49. The van der Waals surface area contributed by atoms with Gasteiger partial charge in [-0.3, -0.25) is 9.59 Å². The fourth-order valence-electron chi connectivity index (χ4n) is 6.50. The van der Waals surface area contributed by atoms with E-state index in [4.69, 9.17) is 0 Å². The zero-order valence-electron chi connectivity index (χ0n) is 20.8. The molecule has 2 aliphatic heterocycles. The summed E-state index contributed by atoms with van der Waals surface area (Å²) in [5.74, 6) is 0.985. The van der Waals surface area contributed by atoms with Crippen LogP contribution >= 0.6 is 0 Å². The van der Waals surface area contributed by atoms with E-state index in [0.29, 0.717) is 17.9 Å². The van der Waals surface area contributed by atoms with Gasteiger partial charge in [0.05, 0.1) is 12.0 Å². The van der Waals surface area contributed by atoms with Gasteiger partial charge in [0, 0.05) is 41.6 Å². The number of nitrogens with zero attached hydrogens (tertiary/aromatic N) is 1. The summed E-state index contributed by atoms with van der Waals surface area (Å²) in [7, 11) is 0. The lowest BCUT2D eigenvalue weighted by Crippen LogP contribution is -2.52. The van der Waals surface area contributed by atoms with Gasteiger partial charge in [-0.15, -0.1) is 0 Å². The Bertz CT molecular complexity index is 991. The van der Waals surface area contributed by atoms with E-state index >= 15 is 0 Å². The van der Waals surface area contributed by atoms with Crippen LogP contribution < -0.4 is 10.6 Å². The lowest BCUT2D eigenvalue weighted by atomic mass is 9.75. The number of hydrogen-bond acceptors (Lipinski definition) is 3. The molecule has 1 unspecified atom stereocenters. The van der Waals surface area contributed by atoms with Crippen LogP contribution in [0.2, 0.25) is 0 Å². The zero-order valence-corrected chi connectivity index (χ0v) is 20.8. The molecule has 0 bridgehead atoms. The maximum atomic E-state index is 14.1. The zero-order chi connectivity index (χ0) is 23.9. The van der Waals surface area contributed by atoms with Gasteiger partial charge in [0.2, 0.25) is 11.8 Å². The van der Waals surface area contributed by atoms with Gasteiger partial charge in [-0.1, -0.05) is 76.1 Å². The van der Waals surface area contributed by atoms with Gasteiger partial charge < -0.3 is 15.5 Å². The minimum absolute atomic E-state index is 0.0425. The molecule has 5 heteroatoms. The quantitative estimate of drug-likeness (QED) is 0.648. The Labute approximate surface area is 204 Å². The SMILES string of the molecule is CC(C)(C)C(=O)N[C@@H]1CCCC[C@@H]1C(=O)N1CC[C@@H]2[C@H](C3C=CC=CC3)Nc3ccccc3[C@@H]21. The molecule has 1 saturated carbocycles. The van der Waals surface area contributed by atoms with Gasteiger partial charge in [-0.05, 0) is 37.3 Å². The molecule has 0 aromatic heterocycles. The fourth-order valence-corrected chi connectivity index (χ4v) is 6.50. The third-order valence-electron chi connectivity index (χ3n) is 8.35. The highest BCUT2D eigenvalue weighted by atomic mass is 16.2. The average molecular weight is 462 g/mol. The molecule has 6 atom stereocenters. The van der Waals surface area contributed by atoms with E-state index in [1.165, 1.54) is 5.56 Å². The Balaban J connectivity index is 1.42. The van der Waals surface area contributed by atoms with Crippen molar-refractivity contribution >= 4 is 17.5 Å². The molecule has 4 aliphatic rings. The molecule has 34 heavy (non-hydrogen) atoms. The van der Waals surface area contributed by atoms with E-state index in [2.05, 4.69) is 64.1 Å². The van der Waals surface area contributed by atoms with Crippen molar-refractivity contribution < 1.29 is 9.59 Å². The average Bonchev–Trinajstić information content (AvgIpc) is 3.29. The van der Waals surface area contributed by atoms with Crippen LogP contribution in [0.3, 0.4) is 0 Å². The Morgan fingerprint density at radius 2 is 1.85 bits per heavy atom. The van der Waals surface area contributed by atoms with E-state index in [1.54, 1.807) is 0 Å². The van der Waals surface area contributed by atoms with Gasteiger partial charge >= 0.3 is 0 Å². The number of carbonyl (C=O) groups excluding carboxylic acids is 2. The Morgan fingerprint density at radius 3 is 2.62 bits per heavy atom. The van der Waals surface area contributed by atoms with Gasteiger partial charge in [-0.2, -0.15) is 0 Å². The number of carbonyl (C=O) groups is 2. The van der Waals surface area contributed by atoms with E-state index < -0.39 is 5.41 Å². The monoisotopic (exact) mass is 461 g/mol. The fraction of sp³-hybridized carbons (Fsp3) is 0.586. The summed E-state index contributed by atoms with van der Waals surface area (Å²) < 4.78 is 0. The van der Waals surface area contributed by atoms with Crippen LogP contribution in [0.4, 0.5) is 5.69 Å². The number of nitrogens with one attached hydrogen (secondary N) is 2. The molecular weight excluding hydrogens is 422 g/mol. The first-order chi connectivity index (χ1) is 16.3. The summed E-state index contributed by atoms with van der Waals surface area (Å²) in [5, 5.41) is 7.10. The summed E-state index contributed by atoms with van der Waals surface area (Å²) in [4.78, 5) is 29.1. The summed E-state index contributed by atoms with van der Waals surface area (Å²) in [5.41, 5.74) is 1.96. The molecule has 1 saturated heterocycles. The van der Waals surface area contributed by atoms with Crippen LogP contribution in [0.25, 0.3) is 0 Å². The third kappa shape index (κ3) is 4.30. The number of anilines is 1. The first-order valence-corrected chi connectivity index (χ1v) is 13.1. The number of para-hydroxylation sites is 1. The first kappa shape index (κ1) is 23.2. The molecule has 0 radical (unpaired) electrons. The normalized spacial score (nSPS) is 32.5. The van der Waals surface area contributed by atoms with E-state index in [-0.39, 0.29) is 29.8 Å². The molecular formula is C29H39N3O2. The summed E-state index contributed by atoms with van der Waals surface area (Å²) in [6.45, 7) is 6.61. The summed E-state index contributed by atoms with van der Waals surface area (Å²) >= 11 is 0. The second-order valence-electron chi connectivity index (χ2n) is 11.6. The number of amides is 2. The van der Waals surface area contributed by atoms with Gasteiger partial charge in [0.25, 0.3) is 0 Å². The van der Waals surface area contributed by atoms with Gasteiger partial charge in [0.1, 0.15) is 0 Å². The maximum Gasteiger partial charge on any atom is 0.228 e. The lowest BCUT2D eigenvalue weighted by molar-refractivity contribution is -0.140. The molecule has 182 valence electrons.